The van der Waals surface area contributed by atoms with E-state index in [4.69, 9.17) is 4.74 Å². The van der Waals surface area contributed by atoms with Gasteiger partial charge in [-0.25, -0.2) is 0 Å². The molecular weight excluding hydrogens is 284 g/mol. The third-order valence-corrected chi connectivity index (χ3v) is 4.06. The highest BCUT2D eigenvalue weighted by atomic mass is 16.5. The molecule has 23 heavy (non-hydrogen) atoms. The molecule has 0 amide bonds. The standard InChI is InChI=1S/C20H28N2O/c1-21-15-9-14-19(22-2)16-23-20(17-10-5-3-6-11-17)18-12-7-4-8-13-18/h3-8,10-13,19-22H,9,14-16H2,1-2H3. The molecule has 0 radical (unpaired) electrons. The van der Waals surface area contributed by atoms with Gasteiger partial charge in [-0.05, 0) is 44.6 Å². The van der Waals surface area contributed by atoms with E-state index in [0.717, 1.165) is 19.4 Å². The van der Waals surface area contributed by atoms with Gasteiger partial charge in [-0.1, -0.05) is 60.7 Å². The molecule has 3 nitrogen and oxygen atoms in total. The zero-order valence-corrected chi connectivity index (χ0v) is 14.2. The Morgan fingerprint density at radius 3 is 1.91 bits per heavy atom. The smallest absolute Gasteiger partial charge is 0.108 e. The quantitative estimate of drug-likeness (QED) is 0.660. The monoisotopic (exact) mass is 312 g/mol. The van der Waals surface area contributed by atoms with Crippen LogP contribution in [0, 0.1) is 0 Å². The molecule has 0 aliphatic heterocycles. The van der Waals surface area contributed by atoms with Gasteiger partial charge < -0.3 is 15.4 Å². The van der Waals surface area contributed by atoms with Crippen LogP contribution in [0.1, 0.15) is 30.1 Å². The van der Waals surface area contributed by atoms with Gasteiger partial charge in [0.2, 0.25) is 0 Å². The molecule has 1 unspecified atom stereocenters. The lowest BCUT2D eigenvalue weighted by atomic mass is 10.0. The summed E-state index contributed by atoms with van der Waals surface area (Å²) in [5.41, 5.74) is 2.40. The Balaban J connectivity index is 2.03. The van der Waals surface area contributed by atoms with Crippen molar-refractivity contribution >= 4 is 0 Å². The van der Waals surface area contributed by atoms with E-state index < -0.39 is 0 Å². The van der Waals surface area contributed by atoms with Crippen LogP contribution < -0.4 is 10.6 Å². The highest BCUT2D eigenvalue weighted by Gasteiger charge is 2.16. The minimum absolute atomic E-state index is 0.0162. The molecule has 0 saturated carbocycles. The van der Waals surface area contributed by atoms with Crippen LogP contribution in [-0.2, 0) is 4.74 Å². The summed E-state index contributed by atoms with van der Waals surface area (Å²) in [5, 5.41) is 6.56. The molecule has 2 aromatic rings. The molecule has 1 atom stereocenters. The Morgan fingerprint density at radius 1 is 0.870 bits per heavy atom. The maximum atomic E-state index is 6.32. The zero-order valence-electron chi connectivity index (χ0n) is 14.2. The number of likely N-dealkylation sites (N-methyl/N-ethyl adjacent to an activating group) is 1. The molecule has 124 valence electrons. The Hall–Kier alpha value is -1.68. The second-order valence-electron chi connectivity index (χ2n) is 5.77. The van der Waals surface area contributed by atoms with E-state index in [2.05, 4.69) is 59.2 Å². The van der Waals surface area contributed by atoms with Crippen LogP contribution in [0.25, 0.3) is 0 Å². The zero-order chi connectivity index (χ0) is 16.3. The molecular formula is C20H28N2O. The minimum Gasteiger partial charge on any atom is -0.367 e. The van der Waals surface area contributed by atoms with Crippen molar-refractivity contribution < 1.29 is 4.74 Å². The SMILES string of the molecule is CNCCCC(COC(c1ccccc1)c1ccccc1)NC. The number of benzene rings is 2. The maximum Gasteiger partial charge on any atom is 0.108 e. The number of nitrogens with one attached hydrogen (secondary N) is 2. The molecule has 0 fully saturated rings. The summed E-state index contributed by atoms with van der Waals surface area (Å²) in [5.74, 6) is 0. The number of hydrogen-bond acceptors (Lipinski definition) is 3. The van der Waals surface area contributed by atoms with Crippen molar-refractivity contribution in [2.24, 2.45) is 0 Å². The summed E-state index contributed by atoms with van der Waals surface area (Å²) in [4.78, 5) is 0. The second-order valence-corrected chi connectivity index (χ2v) is 5.77. The van der Waals surface area contributed by atoms with Crippen LogP contribution in [0.2, 0.25) is 0 Å². The minimum atomic E-state index is -0.0162. The molecule has 0 aromatic heterocycles. The van der Waals surface area contributed by atoms with Gasteiger partial charge in [-0.3, -0.25) is 0 Å². The first kappa shape index (κ1) is 17.7. The van der Waals surface area contributed by atoms with E-state index in [-0.39, 0.29) is 6.10 Å². The van der Waals surface area contributed by atoms with E-state index in [0.29, 0.717) is 12.6 Å². The number of ether oxygens (including phenoxy) is 1. The predicted octanol–water partition coefficient (Wildman–Crippen LogP) is 3.38. The lowest BCUT2D eigenvalue weighted by Crippen LogP contribution is -2.32. The van der Waals surface area contributed by atoms with Crippen molar-refractivity contribution in [3.05, 3.63) is 71.8 Å². The lowest BCUT2D eigenvalue weighted by molar-refractivity contribution is 0.0616. The first-order valence-corrected chi connectivity index (χ1v) is 8.38. The average molecular weight is 312 g/mol. The molecule has 2 N–H and O–H groups in total. The van der Waals surface area contributed by atoms with Crippen LogP contribution in [0.4, 0.5) is 0 Å². The first-order chi connectivity index (χ1) is 11.3. The van der Waals surface area contributed by atoms with Crippen molar-refractivity contribution in [1.82, 2.24) is 10.6 Å². The summed E-state index contributed by atoms with van der Waals surface area (Å²) in [6.07, 6.45) is 2.23. The van der Waals surface area contributed by atoms with Gasteiger partial charge in [0, 0.05) is 6.04 Å². The van der Waals surface area contributed by atoms with E-state index in [1.165, 1.54) is 11.1 Å². The fraction of sp³-hybridized carbons (Fsp3) is 0.400. The topological polar surface area (TPSA) is 33.3 Å². The summed E-state index contributed by atoms with van der Waals surface area (Å²) >= 11 is 0. The van der Waals surface area contributed by atoms with Gasteiger partial charge in [-0.15, -0.1) is 0 Å². The summed E-state index contributed by atoms with van der Waals surface area (Å²) in [7, 11) is 4.00. The largest absolute Gasteiger partial charge is 0.367 e. The number of rotatable bonds is 10. The molecule has 0 saturated heterocycles. The van der Waals surface area contributed by atoms with E-state index in [1.54, 1.807) is 0 Å². The highest BCUT2D eigenvalue weighted by molar-refractivity contribution is 5.29. The van der Waals surface area contributed by atoms with Crippen LogP contribution >= 0.6 is 0 Å². The van der Waals surface area contributed by atoms with E-state index >= 15 is 0 Å². The van der Waals surface area contributed by atoms with Crippen LogP contribution in [-0.4, -0.2) is 33.3 Å². The Bertz CT molecular complexity index is 490. The van der Waals surface area contributed by atoms with Gasteiger partial charge in [-0.2, -0.15) is 0 Å². The van der Waals surface area contributed by atoms with Gasteiger partial charge in [0.25, 0.3) is 0 Å². The van der Waals surface area contributed by atoms with Gasteiger partial charge in [0.15, 0.2) is 0 Å². The van der Waals surface area contributed by atoms with E-state index in [9.17, 15) is 0 Å². The molecule has 0 aliphatic carbocycles. The molecule has 2 rings (SSSR count). The summed E-state index contributed by atoms with van der Waals surface area (Å²) in [6.45, 7) is 1.74. The molecule has 3 heteroatoms. The van der Waals surface area contributed by atoms with Crippen molar-refractivity contribution in [1.29, 1.82) is 0 Å². The normalized spacial score (nSPS) is 12.5. The van der Waals surface area contributed by atoms with Gasteiger partial charge >= 0.3 is 0 Å². The average Bonchev–Trinajstić information content (AvgIpc) is 2.62. The lowest BCUT2D eigenvalue weighted by Gasteiger charge is -2.23. The van der Waals surface area contributed by atoms with Crippen molar-refractivity contribution in [3.63, 3.8) is 0 Å². The van der Waals surface area contributed by atoms with Gasteiger partial charge in [0.1, 0.15) is 6.10 Å². The molecule has 0 spiro atoms. The van der Waals surface area contributed by atoms with E-state index in [1.807, 2.05) is 26.2 Å². The highest BCUT2D eigenvalue weighted by Crippen LogP contribution is 2.26. The fourth-order valence-electron chi connectivity index (χ4n) is 2.69. The fourth-order valence-corrected chi connectivity index (χ4v) is 2.69. The van der Waals surface area contributed by atoms with Crippen molar-refractivity contribution in [3.8, 4) is 0 Å². The third kappa shape index (κ3) is 5.79. The molecule has 0 bridgehead atoms. The van der Waals surface area contributed by atoms with Crippen LogP contribution in [0.5, 0.6) is 0 Å². The van der Waals surface area contributed by atoms with Gasteiger partial charge in [0.05, 0.1) is 6.61 Å². The second kappa shape index (κ2) is 10.2. The van der Waals surface area contributed by atoms with Crippen LogP contribution in [0.3, 0.4) is 0 Å². The molecule has 0 aliphatic rings. The predicted molar refractivity (Wildman–Crippen MR) is 96.7 cm³/mol. The Kier molecular flexibility index (Phi) is 7.81. The number of hydrogen-bond donors (Lipinski definition) is 2. The first-order valence-electron chi connectivity index (χ1n) is 8.38. The van der Waals surface area contributed by atoms with Crippen molar-refractivity contribution in [2.75, 3.05) is 27.2 Å². The summed E-state index contributed by atoms with van der Waals surface area (Å²) in [6, 6.07) is 21.3. The maximum absolute atomic E-state index is 6.32. The Labute approximate surface area is 140 Å². The Morgan fingerprint density at radius 2 is 1.43 bits per heavy atom. The molecule has 0 heterocycles. The summed E-state index contributed by atoms with van der Waals surface area (Å²) < 4.78 is 6.32. The van der Waals surface area contributed by atoms with Crippen molar-refractivity contribution in [2.45, 2.75) is 25.0 Å². The molecule has 2 aromatic carbocycles. The third-order valence-electron chi connectivity index (χ3n) is 4.06. The van der Waals surface area contributed by atoms with Crippen LogP contribution in [0.15, 0.2) is 60.7 Å².